The van der Waals surface area contributed by atoms with Crippen LogP contribution in [-0.2, 0) is 4.74 Å². The Balaban J connectivity index is 2.24. The third-order valence-corrected chi connectivity index (χ3v) is 2.37. The molecule has 2 nitrogen and oxygen atoms in total. The summed E-state index contributed by atoms with van der Waals surface area (Å²) < 4.78 is 31.0. The van der Waals surface area contributed by atoms with Crippen molar-refractivity contribution in [2.45, 2.75) is 18.9 Å². The van der Waals surface area contributed by atoms with Crippen LogP contribution in [0.4, 0.5) is 8.78 Å². The van der Waals surface area contributed by atoms with Gasteiger partial charge in [-0.3, -0.25) is 0 Å². The molecule has 2 N–H and O–H groups in total. The first-order valence-corrected chi connectivity index (χ1v) is 4.31. The minimum absolute atomic E-state index is 0.104. The molecule has 0 saturated carbocycles. The van der Waals surface area contributed by atoms with Gasteiger partial charge in [0.1, 0.15) is 18.2 Å². The summed E-state index contributed by atoms with van der Waals surface area (Å²) >= 11 is 0. The van der Waals surface area contributed by atoms with Crippen molar-refractivity contribution in [2.75, 3.05) is 6.61 Å². The van der Waals surface area contributed by atoms with E-state index in [-0.39, 0.29) is 24.1 Å². The van der Waals surface area contributed by atoms with Gasteiger partial charge >= 0.3 is 0 Å². The molecule has 2 rings (SSSR count). The molecule has 4 heteroatoms. The van der Waals surface area contributed by atoms with E-state index in [4.69, 9.17) is 10.5 Å². The van der Waals surface area contributed by atoms with E-state index >= 15 is 0 Å². The molecule has 1 unspecified atom stereocenters. The largest absolute Gasteiger partial charge is 0.493 e. The van der Waals surface area contributed by atoms with Crippen LogP contribution in [-0.4, -0.2) is 12.6 Å². The molecule has 1 aliphatic heterocycles. The highest BCUT2D eigenvalue weighted by Crippen LogP contribution is 2.36. The molecule has 1 fully saturated rings. The van der Waals surface area contributed by atoms with Crippen LogP contribution in [0.25, 0.3) is 0 Å². The normalized spacial score (nSPS) is 33.6. The summed E-state index contributed by atoms with van der Waals surface area (Å²) in [6.45, 7) is 0.328. The van der Waals surface area contributed by atoms with Crippen LogP contribution in [0.15, 0.2) is 23.5 Å². The second kappa shape index (κ2) is 3.10. The van der Waals surface area contributed by atoms with Gasteiger partial charge in [0.25, 0.3) is 0 Å². The number of halogens is 2. The number of hydrogen-bond donors (Lipinski definition) is 1. The van der Waals surface area contributed by atoms with Gasteiger partial charge in [-0.25, -0.2) is 8.78 Å². The summed E-state index contributed by atoms with van der Waals surface area (Å²) in [5.41, 5.74) is 5.62. The molecule has 0 aromatic heterocycles. The van der Waals surface area contributed by atoms with E-state index < -0.39 is 11.7 Å². The van der Waals surface area contributed by atoms with E-state index in [1.54, 1.807) is 0 Å². The number of allylic oxidation sites excluding steroid dienone is 4. The Hall–Kier alpha value is -0.900. The molecule has 1 saturated heterocycles. The predicted octanol–water partition coefficient (Wildman–Crippen LogP) is 1.79. The Morgan fingerprint density at radius 3 is 3.00 bits per heavy atom. The fraction of sp³-hybridized carbons (Fsp3) is 0.556. The maximum absolute atomic E-state index is 13.1. The fourth-order valence-electron chi connectivity index (χ4n) is 1.80. The maximum Gasteiger partial charge on any atom is 0.163 e. The first-order chi connectivity index (χ1) is 6.16. The summed E-state index contributed by atoms with van der Waals surface area (Å²) in [6.07, 6.45) is 1.71. The van der Waals surface area contributed by atoms with Gasteiger partial charge in [0, 0.05) is 24.5 Å². The highest BCUT2D eigenvalue weighted by Gasteiger charge is 2.31. The molecule has 0 aromatic carbocycles. The van der Waals surface area contributed by atoms with E-state index in [2.05, 4.69) is 0 Å². The van der Waals surface area contributed by atoms with Crippen LogP contribution < -0.4 is 5.73 Å². The van der Waals surface area contributed by atoms with E-state index in [1.165, 1.54) is 0 Å². The third-order valence-electron chi connectivity index (χ3n) is 2.37. The van der Waals surface area contributed by atoms with Gasteiger partial charge in [-0.2, -0.15) is 0 Å². The van der Waals surface area contributed by atoms with Crippen LogP contribution in [0, 0.1) is 5.92 Å². The predicted molar refractivity (Wildman–Crippen MR) is 44.0 cm³/mol. The molecule has 0 bridgehead atoms. The zero-order valence-corrected chi connectivity index (χ0v) is 7.09. The van der Waals surface area contributed by atoms with Crippen LogP contribution in [0.5, 0.6) is 0 Å². The van der Waals surface area contributed by atoms with Crippen molar-refractivity contribution >= 4 is 0 Å². The smallest absolute Gasteiger partial charge is 0.163 e. The Kier molecular flexibility index (Phi) is 2.07. The van der Waals surface area contributed by atoms with E-state index in [0.29, 0.717) is 13.0 Å². The Labute approximate surface area is 75.1 Å². The number of rotatable bonds is 0. The lowest BCUT2D eigenvalue weighted by molar-refractivity contribution is 0.0976. The monoisotopic (exact) mass is 187 g/mol. The molecular formula is C9H11F2NO. The molecule has 2 atom stereocenters. The molecule has 0 spiro atoms. The fourth-order valence-corrected chi connectivity index (χ4v) is 1.80. The van der Waals surface area contributed by atoms with Crippen molar-refractivity contribution in [3.8, 4) is 0 Å². The highest BCUT2D eigenvalue weighted by atomic mass is 19.1. The van der Waals surface area contributed by atoms with Gasteiger partial charge < -0.3 is 10.5 Å². The van der Waals surface area contributed by atoms with Crippen LogP contribution in [0.2, 0.25) is 0 Å². The molecule has 2 aliphatic rings. The summed E-state index contributed by atoms with van der Waals surface area (Å²) in [6, 6.07) is -0.104. The van der Waals surface area contributed by atoms with Gasteiger partial charge in [0.2, 0.25) is 0 Å². The van der Waals surface area contributed by atoms with Crippen LogP contribution in [0.1, 0.15) is 12.8 Å². The number of nitrogens with two attached hydrogens (primary N) is 1. The Bertz CT molecular complexity index is 285. The lowest BCUT2D eigenvalue weighted by Crippen LogP contribution is -2.35. The van der Waals surface area contributed by atoms with Gasteiger partial charge in [-0.05, 0) is 6.42 Å². The van der Waals surface area contributed by atoms with Crippen LogP contribution in [0.3, 0.4) is 0 Å². The first kappa shape index (κ1) is 8.69. The zero-order chi connectivity index (χ0) is 9.42. The van der Waals surface area contributed by atoms with Crippen molar-refractivity contribution < 1.29 is 13.5 Å². The van der Waals surface area contributed by atoms with Crippen molar-refractivity contribution in [3.63, 3.8) is 0 Å². The first-order valence-electron chi connectivity index (χ1n) is 4.31. The Morgan fingerprint density at radius 2 is 2.23 bits per heavy atom. The minimum Gasteiger partial charge on any atom is -0.493 e. The topological polar surface area (TPSA) is 35.2 Å². The van der Waals surface area contributed by atoms with E-state index in [9.17, 15) is 8.78 Å². The lowest BCUT2D eigenvalue weighted by Gasteiger charge is -2.31. The molecule has 0 amide bonds. The molecule has 72 valence electrons. The number of fused-ring (bicyclic) bond motifs is 1. The second-order valence-corrected chi connectivity index (χ2v) is 3.51. The average molecular weight is 187 g/mol. The molecule has 13 heavy (non-hydrogen) atoms. The molecule has 0 aromatic rings. The second-order valence-electron chi connectivity index (χ2n) is 3.51. The minimum atomic E-state index is -0.583. The number of hydrogen-bond acceptors (Lipinski definition) is 2. The van der Waals surface area contributed by atoms with Crippen LogP contribution >= 0.6 is 0 Å². The lowest BCUT2D eigenvalue weighted by atomic mass is 9.89. The van der Waals surface area contributed by atoms with Crippen molar-refractivity contribution in [2.24, 2.45) is 11.7 Å². The number of ether oxygens (including phenoxy) is 1. The van der Waals surface area contributed by atoms with E-state index in [1.807, 2.05) is 0 Å². The highest BCUT2D eigenvalue weighted by molar-refractivity contribution is 5.26. The summed E-state index contributed by atoms with van der Waals surface area (Å²) in [5.74, 6) is -0.929. The summed E-state index contributed by atoms with van der Waals surface area (Å²) in [7, 11) is 0. The maximum atomic E-state index is 13.1. The quantitative estimate of drug-likeness (QED) is 0.627. The molecule has 1 heterocycles. The standard InChI is InChI=1S/C9H11F2NO/c10-6-1-5-2-7(12)4-13-9(5)8(11)3-6/h3,5,7H,1-2,4,12H2/t5?,7-/m1/s1. The van der Waals surface area contributed by atoms with E-state index in [0.717, 1.165) is 6.08 Å². The molecule has 0 radical (unpaired) electrons. The zero-order valence-electron chi connectivity index (χ0n) is 7.09. The van der Waals surface area contributed by atoms with Gasteiger partial charge in [0.05, 0.1) is 0 Å². The summed E-state index contributed by atoms with van der Waals surface area (Å²) in [4.78, 5) is 0. The van der Waals surface area contributed by atoms with Crippen molar-refractivity contribution in [1.82, 2.24) is 0 Å². The van der Waals surface area contributed by atoms with Crippen molar-refractivity contribution in [1.29, 1.82) is 0 Å². The van der Waals surface area contributed by atoms with Crippen molar-refractivity contribution in [3.05, 3.63) is 23.5 Å². The third kappa shape index (κ3) is 1.58. The summed E-state index contributed by atoms with van der Waals surface area (Å²) in [5, 5.41) is 0. The van der Waals surface area contributed by atoms with Gasteiger partial charge in [-0.1, -0.05) is 0 Å². The molecular weight excluding hydrogens is 176 g/mol. The Morgan fingerprint density at radius 1 is 1.46 bits per heavy atom. The SMILES string of the molecule is N[C@H]1COC2=C(F)C=C(F)CC2C1. The average Bonchev–Trinajstić information content (AvgIpc) is 2.02. The molecule has 1 aliphatic carbocycles. The van der Waals surface area contributed by atoms with Gasteiger partial charge in [0.15, 0.2) is 5.83 Å². The van der Waals surface area contributed by atoms with Gasteiger partial charge in [-0.15, -0.1) is 0 Å².